The van der Waals surface area contributed by atoms with Crippen molar-refractivity contribution in [3.8, 4) is 11.5 Å². The number of hydrogen-bond acceptors (Lipinski definition) is 3. The van der Waals surface area contributed by atoms with Gasteiger partial charge in [0, 0.05) is 17.2 Å². The van der Waals surface area contributed by atoms with Crippen LogP contribution < -0.4 is 10.5 Å². The lowest BCUT2D eigenvalue weighted by Crippen LogP contribution is -2.09. The number of hydrogen-bond donors (Lipinski definition) is 2. The van der Waals surface area contributed by atoms with Crippen molar-refractivity contribution < 1.29 is 14.2 Å². The first kappa shape index (κ1) is 13.5. The molecular formula is C15H16FNO2. The third-order valence-corrected chi connectivity index (χ3v) is 2.83. The van der Waals surface area contributed by atoms with Crippen LogP contribution in [0.2, 0.25) is 0 Å². The number of ether oxygens (including phenoxy) is 1. The molecule has 0 aliphatic carbocycles. The zero-order chi connectivity index (χ0) is 13.8. The van der Waals surface area contributed by atoms with Gasteiger partial charge in [-0.2, -0.15) is 0 Å². The van der Waals surface area contributed by atoms with E-state index in [1.807, 2.05) is 0 Å². The summed E-state index contributed by atoms with van der Waals surface area (Å²) in [4.78, 5) is 0. The van der Waals surface area contributed by atoms with Crippen molar-refractivity contribution in [3.63, 3.8) is 0 Å². The van der Waals surface area contributed by atoms with Crippen LogP contribution in [0.5, 0.6) is 11.5 Å². The Labute approximate surface area is 111 Å². The molecule has 4 heteroatoms. The summed E-state index contributed by atoms with van der Waals surface area (Å²) in [6, 6.07) is 11.2. The molecule has 1 atom stereocenters. The summed E-state index contributed by atoms with van der Waals surface area (Å²) in [5, 5.41) is 9.25. The van der Waals surface area contributed by atoms with Gasteiger partial charge in [-0.05, 0) is 25.1 Å². The lowest BCUT2D eigenvalue weighted by molar-refractivity contribution is 0.276. The van der Waals surface area contributed by atoms with Crippen molar-refractivity contribution >= 4 is 0 Å². The largest absolute Gasteiger partial charge is 0.457 e. The van der Waals surface area contributed by atoms with E-state index in [0.29, 0.717) is 22.6 Å². The predicted octanol–water partition coefficient (Wildman–Crippen LogP) is 3.13. The maximum absolute atomic E-state index is 13.8. The SMILES string of the molecule is C[C@H](N)c1c(F)cccc1Oc1ccccc1CO. The Balaban J connectivity index is 2.41. The van der Waals surface area contributed by atoms with Gasteiger partial charge in [-0.3, -0.25) is 0 Å². The van der Waals surface area contributed by atoms with Gasteiger partial charge in [-0.15, -0.1) is 0 Å². The average Bonchev–Trinajstić information content (AvgIpc) is 2.39. The standard InChI is InChI=1S/C15H16FNO2/c1-10(17)15-12(16)6-4-8-14(15)19-13-7-3-2-5-11(13)9-18/h2-8,10,18H,9,17H2,1H3/t10-/m0/s1. The van der Waals surface area contributed by atoms with Gasteiger partial charge in [0.05, 0.1) is 6.61 Å². The fourth-order valence-electron chi connectivity index (χ4n) is 1.90. The van der Waals surface area contributed by atoms with Crippen LogP contribution in [0.15, 0.2) is 42.5 Å². The molecule has 2 aromatic rings. The van der Waals surface area contributed by atoms with Crippen molar-refractivity contribution in [1.29, 1.82) is 0 Å². The molecule has 0 amide bonds. The minimum absolute atomic E-state index is 0.140. The lowest BCUT2D eigenvalue weighted by atomic mass is 10.1. The minimum atomic E-state index is -0.475. The quantitative estimate of drug-likeness (QED) is 0.889. The van der Waals surface area contributed by atoms with Crippen LogP contribution in [0.1, 0.15) is 24.1 Å². The van der Waals surface area contributed by atoms with E-state index in [0.717, 1.165) is 0 Å². The van der Waals surface area contributed by atoms with Gasteiger partial charge in [0.1, 0.15) is 17.3 Å². The molecule has 0 heterocycles. The number of aliphatic hydroxyl groups excluding tert-OH is 1. The zero-order valence-corrected chi connectivity index (χ0v) is 10.6. The van der Waals surface area contributed by atoms with Crippen molar-refractivity contribution in [2.75, 3.05) is 0 Å². The summed E-state index contributed by atoms with van der Waals surface area (Å²) in [5.74, 6) is 0.474. The van der Waals surface area contributed by atoms with Gasteiger partial charge >= 0.3 is 0 Å². The van der Waals surface area contributed by atoms with Crippen molar-refractivity contribution in [2.45, 2.75) is 19.6 Å². The molecule has 19 heavy (non-hydrogen) atoms. The van der Waals surface area contributed by atoms with Crippen molar-refractivity contribution in [3.05, 3.63) is 59.4 Å². The zero-order valence-electron chi connectivity index (χ0n) is 10.6. The molecule has 0 unspecified atom stereocenters. The summed E-state index contributed by atoms with van der Waals surface area (Å²) in [6.45, 7) is 1.56. The monoisotopic (exact) mass is 261 g/mol. The summed E-state index contributed by atoms with van der Waals surface area (Å²) >= 11 is 0. The van der Waals surface area contributed by atoms with E-state index in [1.54, 1.807) is 43.3 Å². The minimum Gasteiger partial charge on any atom is -0.457 e. The molecule has 0 aromatic heterocycles. The van der Waals surface area contributed by atoms with Gasteiger partial charge in [-0.1, -0.05) is 24.3 Å². The number of aliphatic hydroxyl groups is 1. The highest BCUT2D eigenvalue weighted by Gasteiger charge is 2.15. The highest BCUT2D eigenvalue weighted by Crippen LogP contribution is 2.32. The van der Waals surface area contributed by atoms with Gasteiger partial charge in [0.2, 0.25) is 0 Å². The van der Waals surface area contributed by atoms with Gasteiger partial charge in [0.25, 0.3) is 0 Å². The number of para-hydroxylation sites is 1. The smallest absolute Gasteiger partial charge is 0.135 e. The van der Waals surface area contributed by atoms with Gasteiger partial charge < -0.3 is 15.6 Å². The second kappa shape index (κ2) is 5.82. The lowest BCUT2D eigenvalue weighted by Gasteiger charge is -2.16. The van der Waals surface area contributed by atoms with Crippen molar-refractivity contribution in [2.24, 2.45) is 5.73 Å². The number of halogens is 1. The highest BCUT2D eigenvalue weighted by molar-refractivity contribution is 5.42. The van der Waals surface area contributed by atoms with E-state index in [1.165, 1.54) is 6.07 Å². The second-order valence-electron chi connectivity index (χ2n) is 4.31. The predicted molar refractivity (Wildman–Crippen MR) is 71.4 cm³/mol. The van der Waals surface area contributed by atoms with E-state index in [4.69, 9.17) is 10.5 Å². The Kier molecular flexibility index (Phi) is 4.14. The molecule has 0 spiro atoms. The normalized spacial score (nSPS) is 12.2. The topological polar surface area (TPSA) is 55.5 Å². The van der Waals surface area contributed by atoms with Crippen LogP contribution in [0.25, 0.3) is 0 Å². The Morgan fingerprint density at radius 1 is 1.16 bits per heavy atom. The van der Waals surface area contributed by atoms with Crippen LogP contribution in [0, 0.1) is 5.82 Å². The van der Waals surface area contributed by atoms with E-state index >= 15 is 0 Å². The first-order chi connectivity index (χ1) is 9.13. The Morgan fingerprint density at radius 3 is 2.53 bits per heavy atom. The first-order valence-electron chi connectivity index (χ1n) is 6.04. The maximum atomic E-state index is 13.8. The van der Waals surface area contributed by atoms with E-state index in [2.05, 4.69) is 0 Å². The molecule has 0 aliphatic heterocycles. The van der Waals surface area contributed by atoms with E-state index < -0.39 is 11.9 Å². The van der Waals surface area contributed by atoms with Crippen LogP contribution in [0.3, 0.4) is 0 Å². The third-order valence-electron chi connectivity index (χ3n) is 2.83. The molecule has 0 bridgehead atoms. The van der Waals surface area contributed by atoms with Crippen LogP contribution in [0.4, 0.5) is 4.39 Å². The van der Waals surface area contributed by atoms with E-state index in [9.17, 15) is 9.50 Å². The summed E-state index contributed by atoms with van der Waals surface area (Å²) < 4.78 is 19.5. The Hall–Kier alpha value is -1.91. The molecule has 100 valence electrons. The first-order valence-corrected chi connectivity index (χ1v) is 6.04. The number of rotatable bonds is 4. The molecule has 0 aliphatic rings. The Morgan fingerprint density at radius 2 is 1.84 bits per heavy atom. The van der Waals surface area contributed by atoms with Crippen LogP contribution in [-0.4, -0.2) is 5.11 Å². The van der Waals surface area contributed by atoms with Crippen LogP contribution >= 0.6 is 0 Å². The molecule has 0 saturated carbocycles. The molecule has 3 N–H and O–H groups in total. The van der Waals surface area contributed by atoms with Gasteiger partial charge in [-0.25, -0.2) is 4.39 Å². The van der Waals surface area contributed by atoms with Gasteiger partial charge in [0.15, 0.2) is 0 Å². The van der Waals surface area contributed by atoms with Crippen molar-refractivity contribution in [1.82, 2.24) is 0 Å². The second-order valence-corrected chi connectivity index (χ2v) is 4.31. The molecule has 3 nitrogen and oxygen atoms in total. The van der Waals surface area contributed by atoms with Crippen LogP contribution in [-0.2, 0) is 6.61 Å². The molecule has 0 saturated heterocycles. The summed E-state index contributed by atoms with van der Waals surface area (Å²) in [7, 11) is 0. The third kappa shape index (κ3) is 2.92. The molecular weight excluding hydrogens is 245 g/mol. The fraction of sp³-hybridized carbons (Fsp3) is 0.200. The maximum Gasteiger partial charge on any atom is 0.135 e. The molecule has 2 aromatic carbocycles. The Bertz CT molecular complexity index is 570. The van der Waals surface area contributed by atoms with E-state index in [-0.39, 0.29) is 6.61 Å². The average molecular weight is 261 g/mol. The fourth-order valence-corrected chi connectivity index (χ4v) is 1.90. The molecule has 0 fully saturated rings. The number of nitrogens with two attached hydrogens (primary N) is 1. The highest BCUT2D eigenvalue weighted by atomic mass is 19.1. The molecule has 0 radical (unpaired) electrons. The number of benzene rings is 2. The summed E-state index contributed by atoms with van der Waals surface area (Å²) in [5.41, 5.74) is 6.74. The summed E-state index contributed by atoms with van der Waals surface area (Å²) in [6.07, 6.45) is 0. The molecule has 2 rings (SSSR count).